The maximum Gasteiger partial charge on any atom is 0.0451 e. The highest BCUT2D eigenvalue weighted by atomic mass is 32.1. The number of hydrogen-bond acceptors (Lipinski definition) is 1. The predicted octanol–water partition coefficient (Wildman–Crippen LogP) is 6.50. The van der Waals surface area contributed by atoms with Crippen molar-refractivity contribution in [2.24, 2.45) is 0 Å². The van der Waals surface area contributed by atoms with Gasteiger partial charge in [-0.05, 0) is 98.5 Å². The number of rotatable bonds is 6. The lowest BCUT2D eigenvalue weighted by Gasteiger charge is -2.27. The summed E-state index contributed by atoms with van der Waals surface area (Å²) in [5.41, 5.74) is 5.66. The van der Waals surface area contributed by atoms with Crippen LogP contribution in [0.1, 0.15) is 22.3 Å². The van der Waals surface area contributed by atoms with Gasteiger partial charge in [-0.3, -0.25) is 0 Å². The molecule has 3 heteroatoms. The highest BCUT2D eigenvalue weighted by molar-refractivity contribution is 7.88. The third-order valence-electron chi connectivity index (χ3n) is 6.81. The SMILES string of the molecule is Cc1cc(P(c2ccccc2)c2sccc2P(c2ccccc2)c2ccccc2)c(C)c(C)c1C. The maximum atomic E-state index is 2.47. The van der Waals surface area contributed by atoms with E-state index >= 15 is 0 Å². The molecule has 0 amide bonds. The maximum absolute atomic E-state index is 2.47. The zero-order valence-corrected chi connectivity index (χ0v) is 23.3. The number of hydrogen-bond donors (Lipinski definition) is 0. The minimum absolute atomic E-state index is 0.647. The van der Waals surface area contributed by atoms with E-state index in [0.717, 1.165) is 0 Å². The van der Waals surface area contributed by atoms with Gasteiger partial charge >= 0.3 is 0 Å². The lowest BCUT2D eigenvalue weighted by Crippen LogP contribution is -2.32. The molecule has 5 aromatic rings. The Hall–Kier alpha value is -2.56. The van der Waals surface area contributed by atoms with E-state index in [2.05, 4.69) is 136 Å². The smallest absolute Gasteiger partial charge is 0.0451 e. The molecule has 0 aliphatic carbocycles. The Bertz CT molecular complexity index is 1380. The van der Waals surface area contributed by atoms with Gasteiger partial charge in [-0.1, -0.05) is 97.1 Å². The summed E-state index contributed by atoms with van der Waals surface area (Å²) in [6.45, 7) is 9.13. The van der Waals surface area contributed by atoms with E-state index in [9.17, 15) is 0 Å². The van der Waals surface area contributed by atoms with Crippen LogP contribution >= 0.6 is 27.2 Å². The first-order valence-electron chi connectivity index (χ1n) is 12.0. The summed E-state index contributed by atoms with van der Waals surface area (Å²) < 4.78 is 1.52. The van der Waals surface area contributed by atoms with Gasteiger partial charge in [0.15, 0.2) is 0 Å². The average Bonchev–Trinajstić information content (AvgIpc) is 3.37. The van der Waals surface area contributed by atoms with E-state index < -0.39 is 15.8 Å². The van der Waals surface area contributed by atoms with E-state index in [0.29, 0.717) is 0 Å². The first kappa shape index (κ1) is 24.1. The molecule has 5 rings (SSSR count). The second kappa shape index (κ2) is 10.6. The quantitative estimate of drug-likeness (QED) is 0.230. The molecule has 35 heavy (non-hydrogen) atoms. The van der Waals surface area contributed by atoms with Crippen LogP contribution in [0.15, 0.2) is 109 Å². The Labute approximate surface area is 216 Å². The van der Waals surface area contributed by atoms with Crippen LogP contribution in [-0.4, -0.2) is 0 Å². The Balaban J connectivity index is 1.76. The van der Waals surface area contributed by atoms with Crippen molar-refractivity contribution in [1.82, 2.24) is 0 Å². The summed E-state index contributed by atoms with van der Waals surface area (Å²) in [6, 6.07) is 38.2. The molecule has 0 nitrogen and oxygen atoms in total. The van der Waals surface area contributed by atoms with Crippen molar-refractivity contribution in [3.63, 3.8) is 0 Å². The molecule has 174 valence electrons. The van der Waals surface area contributed by atoms with Crippen molar-refractivity contribution in [3.8, 4) is 0 Å². The second-order valence-corrected chi connectivity index (χ2v) is 14.4. The first-order chi connectivity index (χ1) is 17.1. The predicted molar refractivity (Wildman–Crippen MR) is 161 cm³/mol. The van der Waals surface area contributed by atoms with Gasteiger partial charge in [-0.25, -0.2) is 0 Å². The van der Waals surface area contributed by atoms with Crippen molar-refractivity contribution in [3.05, 3.63) is 131 Å². The van der Waals surface area contributed by atoms with Crippen molar-refractivity contribution in [2.45, 2.75) is 27.7 Å². The van der Waals surface area contributed by atoms with Gasteiger partial charge < -0.3 is 0 Å². The minimum Gasteiger partial charge on any atom is -0.143 e. The van der Waals surface area contributed by atoms with Crippen LogP contribution in [0.2, 0.25) is 0 Å². The highest BCUT2D eigenvalue weighted by Gasteiger charge is 2.28. The van der Waals surface area contributed by atoms with Crippen LogP contribution in [-0.2, 0) is 0 Å². The van der Waals surface area contributed by atoms with E-state index in [-0.39, 0.29) is 0 Å². The molecule has 0 N–H and O–H groups in total. The third-order valence-corrected chi connectivity index (χ3v) is 13.6. The van der Waals surface area contributed by atoms with Crippen molar-refractivity contribution in [2.75, 3.05) is 0 Å². The normalized spacial score (nSPS) is 12.1. The van der Waals surface area contributed by atoms with Gasteiger partial charge in [-0.15, -0.1) is 11.3 Å². The van der Waals surface area contributed by atoms with Gasteiger partial charge in [0, 0.05) is 9.92 Å². The molecule has 0 aliphatic rings. The van der Waals surface area contributed by atoms with E-state index in [4.69, 9.17) is 0 Å². The van der Waals surface area contributed by atoms with Crippen LogP contribution < -0.4 is 31.1 Å². The van der Waals surface area contributed by atoms with Crippen molar-refractivity contribution < 1.29 is 0 Å². The molecule has 1 atom stereocenters. The van der Waals surface area contributed by atoms with Gasteiger partial charge in [0.25, 0.3) is 0 Å². The molecule has 0 saturated heterocycles. The lowest BCUT2D eigenvalue weighted by atomic mass is 10.00. The molecular weight excluding hydrogens is 478 g/mol. The van der Waals surface area contributed by atoms with Gasteiger partial charge in [-0.2, -0.15) is 0 Å². The summed E-state index contributed by atoms with van der Waals surface area (Å²) in [6.07, 6.45) is 0. The fourth-order valence-electron chi connectivity index (χ4n) is 4.58. The first-order valence-corrected chi connectivity index (χ1v) is 15.5. The van der Waals surface area contributed by atoms with Gasteiger partial charge in [0.05, 0.1) is 0 Å². The van der Waals surface area contributed by atoms with E-state index in [1.165, 1.54) is 53.4 Å². The Morgan fingerprint density at radius 3 is 1.49 bits per heavy atom. The Morgan fingerprint density at radius 1 is 0.486 bits per heavy atom. The minimum atomic E-state index is -0.674. The molecule has 0 bridgehead atoms. The topological polar surface area (TPSA) is 0 Å². The molecule has 1 unspecified atom stereocenters. The monoisotopic (exact) mass is 508 g/mol. The number of benzene rings is 4. The average molecular weight is 509 g/mol. The lowest BCUT2D eigenvalue weighted by molar-refractivity contribution is 1.23. The van der Waals surface area contributed by atoms with Crippen molar-refractivity contribution in [1.29, 1.82) is 0 Å². The Kier molecular flexibility index (Phi) is 7.31. The fourth-order valence-corrected chi connectivity index (χ4v) is 12.0. The number of thiophene rings is 1. The van der Waals surface area contributed by atoms with Crippen LogP contribution in [0.25, 0.3) is 0 Å². The molecule has 0 aliphatic heterocycles. The van der Waals surface area contributed by atoms with Crippen LogP contribution in [0.4, 0.5) is 0 Å². The van der Waals surface area contributed by atoms with E-state index in [1.54, 1.807) is 0 Å². The molecule has 1 heterocycles. The summed E-state index contributed by atoms with van der Waals surface area (Å²) in [5.74, 6) is 0. The van der Waals surface area contributed by atoms with Crippen molar-refractivity contribution >= 4 is 58.3 Å². The van der Waals surface area contributed by atoms with Gasteiger partial charge in [0.1, 0.15) is 0 Å². The van der Waals surface area contributed by atoms with Crippen LogP contribution in [0.5, 0.6) is 0 Å². The standard InChI is InChI=1S/C32H30P2S/c1-23-22-31(26(4)25(3)24(23)2)34(29-18-12-7-13-19-29)32-30(20-21-35-32)33(27-14-8-5-9-15-27)28-16-10-6-11-17-28/h5-22H,1-4H3. The van der Waals surface area contributed by atoms with Crippen LogP contribution in [0, 0.1) is 27.7 Å². The summed E-state index contributed by atoms with van der Waals surface area (Å²) in [7, 11) is -1.32. The summed E-state index contributed by atoms with van der Waals surface area (Å²) in [5, 5.41) is 9.54. The van der Waals surface area contributed by atoms with Crippen LogP contribution in [0.3, 0.4) is 0 Å². The molecule has 0 fully saturated rings. The largest absolute Gasteiger partial charge is 0.143 e. The molecule has 1 aromatic heterocycles. The summed E-state index contributed by atoms with van der Waals surface area (Å²) in [4.78, 5) is 0. The fraction of sp³-hybridized carbons (Fsp3) is 0.125. The molecular formula is C32H30P2S. The molecule has 0 spiro atoms. The molecule has 0 radical (unpaired) electrons. The third kappa shape index (κ3) is 4.79. The summed E-state index contributed by atoms with van der Waals surface area (Å²) >= 11 is 1.93. The number of aryl methyl sites for hydroxylation is 1. The van der Waals surface area contributed by atoms with E-state index in [1.807, 2.05) is 11.3 Å². The zero-order valence-electron chi connectivity index (χ0n) is 20.7. The zero-order chi connectivity index (χ0) is 24.4. The molecule has 4 aromatic carbocycles. The highest BCUT2D eigenvalue weighted by Crippen LogP contribution is 2.42. The van der Waals surface area contributed by atoms with Gasteiger partial charge in [0.2, 0.25) is 0 Å². The molecule has 0 saturated carbocycles. The Morgan fingerprint density at radius 2 is 0.971 bits per heavy atom. The second-order valence-electron chi connectivity index (χ2n) is 8.88.